The summed E-state index contributed by atoms with van der Waals surface area (Å²) in [5.41, 5.74) is 1.97. The van der Waals surface area contributed by atoms with Gasteiger partial charge in [-0.05, 0) is 43.5 Å². The van der Waals surface area contributed by atoms with E-state index in [1.54, 1.807) is 6.07 Å². The van der Waals surface area contributed by atoms with Crippen LogP contribution in [0.2, 0.25) is 0 Å². The number of piperidine rings is 1. The number of carbonyl (C=O) groups excluding carboxylic acids is 1. The SMILES string of the molecule is Cc1cc(F)ccc1N1CCCC(NC(=O)C2CNCCO2)C1.Cl.Cl. The molecule has 2 fully saturated rings. The van der Waals surface area contributed by atoms with Crippen molar-refractivity contribution in [1.82, 2.24) is 10.6 Å². The fraction of sp³-hybridized carbons (Fsp3) is 0.588. The monoisotopic (exact) mass is 393 g/mol. The molecule has 2 saturated heterocycles. The Bertz CT molecular complexity index is 571. The Morgan fingerprint density at radius 3 is 2.88 bits per heavy atom. The van der Waals surface area contributed by atoms with Gasteiger partial charge in [-0.15, -0.1) is 24.8 Å². The Hall–Kier alpha value is -1.08. The van der Waals surface area contributed by atoms with Crippen molar-refractivity contribution in [3.8, 4) is 0 Å². The van der Waals surface area contributed by atoms with E-state index in [1.165, 1.54) is 6.07 Å². The van der Waals surface area contributed by atoms with Crippen LogP contribution in [-0.4, -0.2) is 50.8 Å². The highest BCUT2D eigenvalue weighted by Crippen LogP contribution is 2.24. The maximum Gasteiger partial charge on any atom is 0.250 e. The molecule has 25 heavy (non-hydrogen) atoms. The molecule has 0 bridgehead atoms. The number of anilines is 1. The molecule has 5 nitrogen and oxygen atoms in total. The van der Waals surface area contributed by atoms with Crippen molar-refractivity contribution < 1.29 is 13.9 Å². The molecule has 1 amide bonds. The zero-order valence-corrected chi connectivity index (χ0v) is 15.9. The minimum Gasteiger partial charge on any atom is -0.369 e. The predicted molar refractivity (Wildman–Crippen MR) is 102 cm³/mol. The number of morpholine rings is 1. The summed E-state index contributed by atoms with van der Waals surface area (Å²) >= 11 is 0. The molecular formula is C17H26Cl2FN3O2. The maximum atomic E-state index is 13.3. The van der Waals surface area contributed by atoms with Gasteiger partial charge in [0.2, 0.25) is 0 Å². The Morgan fingerprint density at radius 1 is 1.40 bits per heavy atom. The van der Waals surface area contributed by atoms with Crippen LogP contribution in [0.5, 0.6) is 0 Å². The van der Waals surface area contributed by atoms with Crippen LogP contribution in [0.15, 0.2) is 18.2 Å². The maximum absolute atomic E-state index is 13.3. The quantitative estimate of drug-likeness (QED) is 0.824. The predicted octanol–water partition coefficient (Wildman–Crippen LogP) is 2.05. The van der Waals surface area contributed by atoms with Gasteiger partial charge in [0.1, 0.15) is 11.9 Å². The van der Waals surface area contributed by atoms with Gasteiger partial charge in [-0.25, -0.2) is 4.39 Å². The highest BCUT2D eigenvalue weighted by atomic mass is 35.5. The lowest BCUT2D eigenvalue weighted by molar-refractivity contribution is -0.135. The molecule has 0 aromatic heterocycles. The van der Waals surface area contributed by atoms with Crippen LogP contribution in [0.3, 0.4) is 0 Å². The summed E-state index contributed by atoms with van der Waals surface area (Å²) in [5.74, 6) is -0.255. The molecule has 1 aromatic rings. The number of rotatable bonds is 3. The van der Waals surface area contributed by atoms with Crippen molar-refractivity contribution in [2.24, 2.45) is 0 Å². The number of amides is 1. The normalized spacial score (nSPS) is 23.2. The highest BCUT2D eigenvalue weighted by Gasteiger charge is 2.27. The summed E-state index contributed by atoms with van der Waals surface area (Å²) in [6, 6.07) is 4.97. The van der Waals surface area contributed by atoms with Gasteiger partial charge in [-0.3, -0.25) is 4.79 Å². The molecule has 142 valence electrons. The third kappa shape index (κ3) is 5.71. The lowest BCUT2D eigenvalue weighted by Crippen LogP contribution is -2.54. The number of carbonyl (C=O) groups is 1. The van der Waals surface area contributed by atoms with E-state index in [-0.39, 0.29) is 42.6 Å². The number of halogens is 3. The molecule has 8 heteroatoms. The summed E-state index contributed by atoms with van der Waals surface area (Å²) in [6.45, 7) is 5.54. The zero-order chi connectivity index (χ0) is 16.2. The van der Waals surface area contributed by atoms with E-state index in [4.69, 9.17) is 4.74 Å². The standard InChI is InChI=1S/C17H24FN3O2.2ClH/c1-12-9-13(18)4-5-15(12)21-7-2-3-14(11-21)20-17(22)16-10-19-6-8-23-16;;/h4-5,9,14,16,19H,2-3,6-8,10-11H2,1H3,(H,20,22);2*1H. The summed E-state index contributed by atoms with van der Waals surface area (Å²) in [7, 11) is 0. The third-order valence-corrected chi connectivity index (χ3v) is 4.49. The van der Waals surface area contributed by atoms with E-state index >= 15 is 0 Å². The average Bonchev–Trinajstić information content (AvgIpc) is 2.56. The fourth-order valence-electron chi connectivity index (χ4n) is 3.32. The minimum absolute atomic E-state index is 0. The van der Waals surface area contributed by atoms with Crippen LogP contribution >= 0.6 is 24.8 Å². The summed E-state index contributed by atoms with van der Waals surface area (Å²) in [4.78, 5) is 14.5. The largest absolute Gasteiger partial charge is 0.369 e. The van der Waals surface area contributed by atoms with E-state index in [2.05, 4.69) is 15.5 Å². The molecule has 2 atom stereocenters. The molecule has 0 spiro atoms. The van der Waals surface area contributed by atoms with Crippen molar-refractivity contribution in [3.05, 3.63) is 29.6 Å². The van der Waals surface area contributed by atoms with Gasteiger partial charge in [0.25, 0.3) is 5.91 Å². The van der Waals surface area contributed by atoms with Crippen LogP contribution in [-0.2, 0) is 9.53 Å². The molecule has 3 rings (SSSR count). The van der Waals surface area contributed by atoms with E-state index in [0.717, 1.165) is 43.7 Å². The first kappa shape index (κ1) is 22.0. The number of nitrogens with zero attached hydrogens (tertiary/aromatic N) is 1. The van der Waals surface area contributed by atoms with Crippen molar-refractivity contribution in [2.45, 2.75) is 31.9 Å². The van der Waals surface area contributed by atoms with E-state index in [1.807, 2.05) is 13.0 Å². The van der Waals surface area contributed by atoms with Crippen LogP contribution in [0.4, 0.5) is 10.1 Å². The van der Waals surface area contributed by atoms with Crippen molar-refractivity contribution in [3.63, 3.8) is 0 Å². The molecule has 0 saturated carbocycles. The Balaban J connectivity index is 0.00000156. The van der Waals surface area contributed by atoms with Crippen LogP contribution in [0, 0.1) is 12.7 Å². The average molecular weight is 394 g/mol. The second-order valence-electron chi connectivity index (χ2n) is 6.29. The molecular weight excluding hydrogens is 368 g/mol. The lowest BCUT2D eigenvalue weighted by Gasteiger charge is -2.36. The second kappa shape index (κ2) is 10.2. The molecule has 1 aromatic carbocycles. The van der Waals surface area contributed by atoms with Crippen LogP contribution in [0.25, 0.3) is 0 Å². The van der Waals surface area contributed by atoms with Gasteiger partial charge < -0.3 is 20.3 Å². The fourth-order valence-corrected chi connectivity index (χ4v) is 3.32. The topological polar surface area (TPSA) is 53.6 Å². The van der Waals surface area contributed by atoms with Crippen molar-refractivity contribution in [1.29, 1.82) is 0 Å². The number of nitrogens with one attached hydrogen (secondary N) is 2. The number of hydrogen-bond acceptors (Lipinski definition) is 4. The second-order valence-corrected chi connectivity index (χ2v) is 6.29. The van der Waals surface area contributed by atoms with Crippen molar-refractivity contribution >= 4 is 36.4 Å². The van der Waals surface area contributed by atoms with Gasteiger partial charge >= 0.3 is 0 Å². The number of hydrogen-bond donors (Lipinski definition) is 2. The number of ether oxygens (including phenoxy) is 1. The van der Waals surface area contributed by atoms with Gasteiger partial charge in [0.05, 0.1) is 6.61 Å². The summed E-state index contributed by atoms with van der Waals surface area (Å²) < 4.78 is 18.8. The zero-order valence-electron chi connectivity index (χ0n) is 14.3. The molecule has 0 radical (unpaired) electrons. The Labute approximate surface area is 160 Å². The summed E-state index contributed by atoms with van der Waals surface area (Å²) in [6.07, 6.45) is 1.57. The molecule has 0 aliphatic carbocycles. The van der Waals surface area contributed by atoms with Crippen LogP contribution in [0.1, 0.15) is 18.4 Å². The van der Waals surface area contributed by atoms with E-state index < -0.39 is 6.10 Å². The van der Waals surface area contributed by atoms with Gasteiger partial charge in [0.15, 0.2) is 0 Å². The van der Waals surface area contributed by atoms with Gasteiger partial charge in [-0.1, -0.05) is 0 Å². The van der Waals surface area contributed by atoms with Gasteiger partial charge in [-0.2, -0.15) is 0 Å². The van der Waals surface area contributed by atoms with E-state index in [0.29, 0.717) is 13.2 Å². The number of aryl methyl sites for hydroxylation is 1. The Kier molecular flexibility index (Phi) is 8.93. The van der Waals surface area contributed by atoms with Gasteiger partial charge in [0, 0.05) is 37.9 Å². The van der Waals surface area contributed by atoms with E-state index in [9.17, 15) is 9.18 Å². The van der Waals surface area contributed by atoms with Crippen molar-refractivity contribution in [2.75, 3.05) is 37.7 Å². The molecule has 2 N–H and O–H groups in total. The molecule has 2 aliphatic heterocycles. The smallest absolute Gasteiger partial charge is 0.250 e. The molecule has 2 aliphatic rings. The minimum atomic E-state index is -0.397. The first-order valence-corrected chi connectivity index (χ1v) is 8.27. The molecule has 2 unspecified atom stereocenters. The highest BCUT2D eigenvalue weighted by molar-refractivity contribution is 5.85. The first-order chi connectivity index (χ1) is 11.1. The number of benzene rings is 1. The Morgan fingerprint density at radius 2 is 2.20 bits per heavy atom. The third-order valence-electron chi connectivity index (χ3n) is 4.49. The van der Waals surface area contributed by atoms with Crippen LogP contribution < -0.4 is 15.5 Å². The summed E-state index contributed by atoms with van der Waals surface area (Å²) in [5, 5.41) is 6.27. The lowest BCUT2D eigenvalue weighted by atomic mass is 10.0. The first-order valence-electron chi connectivity index (χ1n) is 8.27. The molecule has 2 heterocycles.